The van der Waals surface area contributed by atoms with E-state index in [9.17, 15) is 4.79 Å². The fourth-order valence-corrected chi connectivity index (χ4v) is 1.73. The van der Waals surface area contributed by atoms with Gasteiger partial charge in [-0.05, 0) is 36.2 Å². The molecule has 0 aliphatic rings. The highest BCUT2D eigenvalue weighted by Gasteiger charge is 2.07. The van der Waals surface area contributed by atoms with Crippen molar-refractivity contribution in [3.63, 3.8) is 0 Å². The number of pyridine rings is 1. The number of rotatable bonds is 4. The van der Waals surface area contributed by atoms with Crippen molar-refractivity contribution in [1.29, 1.82) is 0 Å². The van der Waals surface area contributed by atoms with Crippen molar-refractivity contribution in [3.8, 4) is 0 Å². The molecule has 2 rings (SSSR count). The van der Waals surface area contributed by atoms with Gasteiger partial charge in [-0.1, -0.05) is 19.1 Å². The predicted octanol–water partition coefficient (Wildman–Crippen LogP) is 2.39. The maximum Gasteiger partial charge on any atom is 0.255 e. The van der Waals surface area contributed by atoms with Crippen molar-refractivity contribution in [2.75, 3.05) is 5.32 Å². The zero-order valence-corrected chi connectivity index (χ0v) is 10.8. The number of hydrogen-bond donors (Lipinski definition) is 2. The van der Waals surface area contributed by atoms with Crippen molar-refractivity contribution in [1.82, 2.24) is 4.98 Å². The average Bonchev–Trinajstić information content (AvgIpc) is 2.48. The Balaban J connectivity index is 2.11. The lowest BCUT2D eigenvalue weighted by Crippen LogP contribution is -2.12. The third-order valence-corrected chi connectivity index (χ3v) is 2.86. The van der Waals surface area contributed by atoms with Gasteiger partial charge in [0.15, 0.2) is 0 Å². The summed E-state index contributed by atoms with van der Waals surface area (Å²) in [5.74, 6) is -0.207. The van der Waals surface area contributed by atoms with Gasteiger partial charge in [-0.3, -0.25) is 9.78 Å². The Labute approximate surface area is 112 Å². The SMILES string of the molecule is CCc1ccc(NC(=O)c2ccnc(CO)c2)cc1. The van der Waals surface area contributed by atoms with E-state index < -0.39 is 0 Å². The number of aliphatic hydroxyl groups excluding tert-OH is 1. The van der Waals surface area contributed by atoms with Crippen LogP contribution in [-0.2, 0) is 13.0 Å². The van der Waals surface area contributed by atoms with E-state index in [4.69, 9.17) is 5.11 Å². The Morgan fingerprint density at radius 2 is 2.00 bits per heavy atom. The summed E-state index contributed by atoms with van der Waals surface area (Å²) in [6, 6.07) is 10.9. The van der Waals surface area contributed by atoms with Crippen molar-refractivity contribution in [2.45, 2.75) is 20.0 Å². The number of aryl methyl sites for hydroxylation is 1. The van der Waals surface area contributed by atoms with Crippen LogP contribution in [0.5, 0.6) is 0 Å². The summed E-state index contributed by atoms with van der Waals surface area (Å²) in [7, 11) is 0. The van der Waals surface area contributed by atoms with Gasteiger partial charge in [0, 0.05) is 17.4 Å². The monoisotopic (exact) mass is 256 g/mol. The Hall–Kier alpha value is -2.20. The number of amides is 1. The molecule has 0 saturated carbocycles. The van der Waals surface area contributed by atoms with Crippen LogP contribution >= 0.6 is 0 Å². The Morgan fingerprint density at radius 1 is 1.26 bits per heavy atom. The Morgan fingerprint density at radius 3 is 2.63 bits per heavy atom. The van der Waals surface area contributed by atoms with Crippen LogP contribution in [0.1, 0.15) is 28.5 Å². The van der Waals surface area contributed by atoms with Gasteiger partial charge in [-0.25, -0.2) is 0 Å². The van der Waals surface area contributed by atoms with Crippen LogP contribution in [0.25, 0.3) is 0 Å². The summed E-state index contributed by atoms with van der Waals surface area (Å²) < 4.78 is 0. The van der Waals surface area contributed by atoms with Gasteiger partial charge in [-0.15, -0.1) is 0 Å². The van der Waals surface area contributed by atoms with Gasteiger partial charge < -0.3 is 10.4 Å². The second-order valence-corrected chi connectivity index (χ2v) is 4.20. The third kappa shape index (κ3) is 3.39. The fourth-order valence-electron chi connectivity index (χ4n) is 1.73. The first-order valence-corrected chi connectivity index (χ1v) is 6.19. The van der Waals surface area contributed by atoms with E-state index in [2.05, 4.69) is 17.2 Å². The summed E-state index contributed by atoms with van der Waals surface area (Å²) in [5, 5.41) is 11.8. The molecule has 4 heteroatoms. The molecule has 0 aliphatic heterocycles. The molecule has 1 aromatic heterocycles. The lowest BCUT2D eigenvalue weighted by molar-refractivity contribution is 0.102. The summed E-state index contributed by atoms with van der Waals surface area (Å²) in [6.07, 6.45) is 2.49. The van der Waals surface area contributed by atoms with Crippen molar-refractivity contribution >= 4 is 11.6 Å². The first-order valence-electron chi connectivity index (χ1n) is 6.19. The zero-order valence-electron chi connectivity index (χ0n) is 10.8. The van der Waals surface area contributed by atoms with Gasteiger partial charge in [0.05, 0.1) is 12.3 Å². The molecule has 0 spiro atoms. The molecule has 1 heterocycles. The van der Waals surface area contributed by atoms with Crippen molar-refractivity contribution in [3.05, 3.63) is 59.4 Å². The number of carbonyl (C=O) groups excluding carboxylic acids is 1. The minimum absolute atomic E-state index is 0.174. The lowest BCUT2D eigenvalue weighted by atomic mass is 10.1. The van der Waals surface area contributed by atoms with E-state index in [0.29, 0.717) is 11.3 Å². The number of aliphatic hydroxyl groups is 1. The molecule has 4 nitrogen and oxygen atoms in total. The largest absolute Gasteiger partial charge is 0.390 e. The number of nitrogens with one attached hydrogen (secondary N) is 1. The first-order chi connectivity index (χ1) is 9.22. The molecular weight excluding hydrogens is 240 g/mol. The minimum atomic E-state index is -0.207. The summed E-state index contributed by atoms with van der Waals surface area (Å²) in [5.41, 5.74) is 2.95. The molecule has 0 aliphatic carbocycles. The molecule has 1 aromatic carbocycles. The van der Waals surface area contributed by atoms with Crippen LogP contribution in [0, 0.1) is 0 Å². The standard InChI is InChI=1S/C15H16N2O2/c1-2-11-3-5-13(6-4-11)17-15(19)12-7-8-16-14(9-12)10-18/h3-9,18H,2,10H2,1H3,(H,17,19). The molecule has 1 amide bonds. The lowest BCUT2D eigenvalue weighted by Gasteiger charge is -2.06. The van der Waals surface area contributed by atoms with Crippen molar-refractivity contribution < 1.29 is 9.90 Å². The van der Waals surface area contributed by atoms with Gasteiger partial charge in [0.1, 0.15) is 0 Å². The number of hydrogen-bond acceptors (Lipinski definition) is 3. The molecule has 0 fully saturated rings. The highest BCUT2D eigenvalue weighted by atomic mass is 16.3. The van der Waals surface area contributed by atoms with Gasteiger partial charge in [-0.2, -0.15) is 0 Å². The smallest absolute Gasteiger partial charge is 0.255 e. The predicted molar refractivity (Wildman–Crippen MR) is 73.9 cm³/mol. The molecule has 98 valence electrons. The van der Waals surface area contributed by atoms with Crippen LogP contribution in [0.3, 0.4) is 0 Å². The maximum absolute atomic E-state index is 12.0. The fraction of sp³-hybridized carbons (Fsp3) is 0.200. The van der Waals surface area contributed by atoms with Gasteiger partial charge in [0.2, 0.25) is 0 Å². The van der Waals surface area contributed by atoms with Crippen LogP contribution < -0.4 is 5.32 Å². The summed E-state index contributed by atoms with van der Waals surface area (Å²) >= 11 is 0. The Kier molecular flexibility index (Phi) is 4.26. The van der Waals surface area contributed by atoms with E-state index in [-0.39, 0.29) is 12.5 Å². The number of anilines is 1. The topological polar surface area (TPSA) is 62.2 Å². The van der Waals surface area contributed by atoms with E-state index in [1.807, 2.05) is 24.3 Å². The molecule has 0 saturated heterocycles. The first kappa shape index (κ1) is 13.2. The van der Waals surface area contributed by atoms with E-state index in [0.717, 1.165) is 12.1 Å². The van der Waals surface area contributed by atoms with Crippen LogP contribution in [0.4, 0.5) is 5.69 Å². The van der Waals surface area contributed by atoms with E-state index in [1.54, 1.807) is 12.1 Å². The molecule has 2 aromatic rings. The third-order valence-electron chi connectivity index (χ3n) is 2.86. The molecule has 0 atom stereocenters. The van der Waals surface area contributed by atoms with Gasteiger partial charge in [0.25, 0.3) is 5.91 Å². The summed E-state index contributed by atoms with van der Waals surface area (Å²) in [4.78, 5) is 16.0. The normalized spacial score (nSPS) is 10.2. The second kappa shape index (κ2) is 6.11. The van der Waals surface area contributed by atoms with E-state index in [1.165, 1.54) is 11.8 Å². The number of benzene rings is 1. The molecule has 0 unspecified atom stereocenters. The van der Waals surface area contributed by atoms with Gasteiger partial charge >= 0.3 is 0 Å². The molecule has 2 N–H and O–H groups in total. The number of aromatic nitrogens is 1. The number of carbonyl (C=O) groups is 1. The summed E-state index contributed by atoms with van der Waals surface area (Å²) in [6.45, 7) is 1.91. The maximum atomic E-state index is 12.0. The molecular formula is C15H16N2O2. The van der Waals surface area contributed by atoms with Crippen LogP contribution in [0.15, 0.2) is 42.6 Å². The van der Waals surface area contributed by atoms with E-state index >= 15 is 0 Å². The molecule has 19 heavy (non-hydrogen) atoms. The van der Waals surface area contributed by atoms with Crippen LogP contribution in [-0.4, -0.2) is 16.0 Å². The highest BCUT2D eigenvalue weighted by molar-refractivity contribution is 6.04. The number of nitrogens with zero attached hydrogens (tertiary/aromatic N) is 1. The molecule has 0 bridgehead atoms. The molecule has 0 radical (unpaired) electrons. The Bertz CT molecular complexity index is 565. The average molecular weight is 256 g/mol. The zero-order chi connectivity index (χ0) is 13.7. The van der Waals surface area contributed by atoms with Crippen LogP contribution in [0.2, 0.25) is 0 Å². The minimum Gasteiger partial charge on any atom is -0.390 e. The van der Waals surface area contributed by atoms with Crippen molar-refractivity contribution in [2.24, 2.45) is 0 Å². The highest BCUT2D eigenvalue weighted by Crippen LogP contribution is 2.12. The second-order valence-electron chi connectivity index (χ2n) is 4.20. The quantitative estimate of drug-likeness (QED) is 0.883.